The molecule has 0 aliphatic carbocycles. The minimum absolute atomic E-state index is 0.0614. The molecule has 0 saturated heterocycles. The van der Waals surface area contributed by atoms with Crippen molar-refractivity contribution in [3.63, 3.8) is 0 Å². The number of carboxylic acids is 1. The molecule has 0 aliphatic heterocycles. The van der Waals surface area contributed by atoms with E-state index < -0.39 is 5.97 Å². The number of carboxylic acid groups (broad SMARTS) is 1. The van der Waals surface area contributed by atoms with Crippen LogP contribution in [0.25, 0.3) is 12.2 Å². The molecule has 0 atom stereocenters. The first-order valence-corrected chi connectivity index (χ1v) is 7.69. The number of methoxy groups -OCH3 is 1. The standard InChI is InChI=1S/C16H17NO4S/c1-3-8-21-14-9-11(4-6-13(14)20-2)5-7-15-17-12(10-22-15)16(18)19/h4-7,9-10H,3,8H2,1-2H3,(H,18,19)/b7-5+. The lowest BCUT2D eigenvalue weighted by molar-refractivity contribution is 0.0691. The number of hydrogen-bond donors (Lipinski definition) is 1. The molecule has 22 heavy (non-hydrogen) atoms. The summed E-state index contributed by atoms with van der Waals surface area (Å²) in [4.78, 5) is 14.8. The summed E-state index contributed by atoms with van der Waals surface area (Å²) in [5.74, 6) is 0.362. The highest BCUT2D eigenvalue weighted by atomic mass is 32.1. The molecule has 1 N–H and O–H groups in total. The van der Waals surface area contributed by atoms with Crippen LogP contribution in [0, 0.1) is 0 Å². The first kappa shape index (κ1) is 16.0. The Morgan fingerprint density at radius 1 is 1.36 bits per heavy atom. The average Bonchev–Trinajstić information content (AvgIpc) is 3.00. The fourth-order valence-electron chi connectivity index (χ4n) is 1.75. The number of hydrogen-bond acceptors (Lipinski definition) is 5. The third-order valence-electron chi connectivity index (χ3n) is 2.81. The van der Waals surface area contributed by atoms with Crippen LogP contribution in [0.15, 0.2) is 23.6 Å². The SMILES string of the molecule is CCCOc1cc(/C=C/c2nc(C(=O)O)cs2)ccc1OC. The smallest absolute Gasteiger partial charge is 0.355 e. The van der Waals surface area contributed by atoms with E-state index in [9.17, 15) is 4.79 Å². The second-order valence-corrected chi connectivity index (χ2v) is 5.36. The van der Waals surface area contributed by atoms with E-state index in [1.54, 1.807) is 13.2 Å². The lowest BCUT2D eigenvalue weighted by Gasteiger charge is -2.10. The first-order valence-electron chi connectivity index (χ1n) is 6.81. The number of benzene rings is 1. The van der Waals surface area contributed by atoms with Gasteiger partial charge in [-0.05, 0) is 30.2 Å². The van der Waals surface area contributed by atoms with E-state index in [4.69, 9.17) is 14.6 Å². The van der Waals surface area contributed by atoms with Crippen molar-refractivity contribution in [3.8, 4) is 11.5 Å². The van der Waals surface area contributed by atoms with E-state index in [1.165, 1.54) is 16.7 Å². The fraction of sp³-hybridized carbons (Fsp3) is 0.250. The number of rotatable bonds is 7. The lowest BCUT2D eigenvalue weighted by Crippen LogP contribution is -1.98. The molecule has 1 aromatic heterocycles. The number of aromatic nitrogens is 1. The van der Waals surface area contributed by atoms with Crippen LogP contribution in [-0.2, 0) is 0 Å². The molecule has 6 heteroatoms. The van der Waals surface area contributed by atoms with Gasteiger partial charge in [-0.25, -0.2) is 9.78 Å². The van der Waals surface area contributed by atoms with Crippen LogP contribution in [0.2, 0.25) is 0 Å². The molecule has 5 nitrogen and oxygen atoms in total. The summed E-state index contributed by atoms with van der Waals surface area (Å²) >= 11 is 1.29. The van der Waals surface area contributed by atoms with Crippen LogP contribution < -0.4 is 9.47 Å². The molecular weight excluding hydrogens is 302 g/mol. The Bertz CT molecular complexity index is 679. The summed E-state index contributed by atoms with van der Waals surface area (Å²) in [5, 5.41) is 11.0. The predicted molar refractivity (Wildman–Crippen MR) is 86.8 cm³/mol. The van der Waals surface area contributed by atoms with Gasteiger partial charge >= 0.3 is 5.97 Å². The molecule has 0 radical (unpaired) electrons. The third kappa shape index (κ3) is 4.08. The molecule has 2 aromatic rings. The lowest BCUT2D eigenvalue weighted by atomic mass is 10.2. The van der Waals surface area contributed by atoms with E-state index in [2.05, 4.69) is 4.98 Å². The van der Waals surface area contributed by atoms with Gasteiger partial charge in [0, 0.05) is 5.38 Å². The summed E-state index contributed by atoms with van der Waals surface area (Å²) in [7, 11) is 1.60. The van der Waals surface area contributed by atoms with Gasteiger partial charge in [-0.3, -0.25) is 0 Å². The van der Waals surface area contributed by atoms with Gasteiger partial charge in [-0.15, -0.1) is 11.3 Å². The minimum atomic E-state index is -1.02. The largest absolute Gasteiger partial charge is 0.493 e. The van der Waals surface area contributed by atoms with E-state index in [0.717, 1.165) is 12.0 Å². The Morgan fingerprint density at radius 3 is 2.82 bits per heavy atom. The van der Waals surface area contributed by atoms with Crippen molar-refractivity contribution >= 4 is 29.5 Å². The quantitative estimate of drug-likeness (QED) is 0.840. The van der Waals surface area contributed by atoms with Crippen LogP contribution in [-0.4, -0.2) is 29.8 Å². The zero-order valence-electron chi connectivity index (χ0n) is 12.4. The van der Waals surface area contributed by atoms with E-state index in [0.29, 0.717) is 23.1 Å². The van der Waals surface area contributed by atoms with Crippen LogP contribution in [0.5, 0.6) is 11.5 Å². The van der Waals surface area contributed by atoms with Crippen molar-refractivity contribution < 1.29 is 19.4 Å². The van der Waals surface area contributed by atoms with Gasteiger partial charge in [-0.1, -0.05) is 19.1 Å². The number of ether oxygens (including phenoxy) is 2. The highest BCUT2D eigenvalue weighted by Gasteiger charge is 2.07. The summed E-state index contributed by atoms with van der Waals surface area (Å²) in [6, 6.07) is 5.63. The van der Waals surface area contributed by atoms with Gasteiger partial charge in [0.05, 0.1) is 13.7 Å². The van der Waals surface area contributed by atoms with Gasteiger partial charge in [0.15, 0.2) is 17.2 Å². The summed E-state index contributed by atoms with van der Waals surface area (Å²) in [6.45, 7) is 2.66. The number of carbonyl (C=O) groups is 1. The third-order valence-corrected chi connectivity index (χ3v) is 3.62. The Kier molecular flexibility index (Phi) is 5.55. The van der Waals surface area contributed by atoms with Crippen LogP contribution in [0.1, 0.15) is 34.4 Å². The van der Waals surface area contributed by atoms with Crippen molar-refractivity contribution in [3.05, 3.63) is 39.8 Å². The molecule has 2 rings (SSSR count). The monoisotopic (exact) mass is 319 g/mol. The molecule has 116 valence electrons. The highest BCUT2D eigenvalue weighted by Crippen LogP contribution is 2.29. The maximum atomic E-state index is 10.8. The van der Waals surface area contributed by atoms with E-state index in [-0.39, 0.29) is 5.69 Å². The van der Waals surface area contributed by atoms with Crippen LogP contribution in [0.3, 0.4) is 0 Å². The van der Waals surface area contributed by atoms with Crippen molar-refractivity contribution in [1.82, 2.24) is 4.98 Å². The molecular formula is C16H17NO4S. The molecule has 0 bridgehead atoms. The maximum absolute atomic E-state index is 10.8. The van der Waals surface area contributed by atoms with Crippen LogP contribution >= 0.6 is 11.3 Å². The van der Waals surface area contributed by atoms with Gasteiger partial charge in [0.2, 0.25) is 0 Å². The molecule has 1 aromatic carbocycles. The van der Waals surface area contributed by atoms with E-state index in [1.807, 2.05) is 31.2 Å². The Hall–Kier alpha value is -2.34. The summed E-state index contributed by atoms with van der Waals surface area (Å²) < 4.78 is 10.9. The molecule has 0 unspecified atom stereocenters. The van der Waals surface area contributed by atoms with E-state index >= 15 is 0 Å². The van der Waals surface area contributed by atoms with Gasteiger partial charge < -0.3 is 14.6 Å². The van der Waals surface area contributed by atoms with Crippen molar-refractivity contribution in [1.29, 1.82) is 0 Å². The zero-order chi connectivity index (χ0) is 15.9. The Balaban J connectivity index is 2.17. The van der Waals surface area contributed by atoms with Crippen molar-refractivity contribution in [2.24, 2.45) is 0 Å². The maximum Gasteiger partial charge on any atom is 0.355 e. The fourth-order valence-corrected chi connectivity index (χ4v) is 2.44. The molecule has 0 fully saturated rings. The molecule has 0 amide bonds. The summed E-state index contributed by atoms with van der Waals surface area (Å²) in [5.41, 5.74) is 0.991. The molecule has 1 heterocycles. The minimum Gasteiger partial charge on any atom is -0.493 e. The van der Waals surface area contributed by atoms with Gasteiger partial charge in [-0.2, -0.15) is 0 Å². The van der Waals surface area contributed by atoms with Crippen molar-refractivity contribution in [2.45, 2.75) is 13.3 Å². The van der Waals surface area contributed by atoms with Crippen molar-refractivity contribution in [2.75, 3.05) is 13.7 Å². The molecule has 0 spiro atoms. The predicted octanol–water partition coefficient (Wildman–Crippen LogP) is 3.81. The molecule has 0 aliphatic rings. The highest BCUT2D eigenvalue weighted by molar-refractivity contribution is 7.10. The second-order valence-electron chi connectivity index (χ2n) is 4.47. The topological polar surface area (TPSA) is 68.7 Å². The number of aromatic carboxylic acids is 1. The zero-order valence-corrected chi connectivity index (χ0v) is 13.2. The Labute approximate surface area is 132 Å². The van der Waals surface area contributed by atoms with Crippen LogP contribution in [0.4, 0.5) is 0 Å². The first-order chi connectivity index (χ1) is 10.6. The normalized spacial score (nSPS) is 10.8. The Morgan fingerprint density at radius 2 is 2.18 bits per heavy atom. The number of thiazole rings is 1. The summed E-state index contributed by atoms with van der Waals surface area (Å²) in [6.07, 6.45) is 4.56. The average molecular weight is 319 g/mol. The van der Waals surface area contributed by atoms with Gasteiger partial charge in [0.25, 0.3) is 0 Å². The number of nitrogens with zero attached hydrogens (tertiary/aromatic N) is 1. The second kappa shape index (κ2) is 7.61. The van der Waals surface area contributed by atoms with Gasteiger partial charge in [0.1, 0.15) is 5.01 Å². The molecule has 0 saturated carbocycles.